The molecule has 3 nitrogen and oxygen atoms in total. The summed E-state index contributed by atoms with van der Waals surface area (Å²) >= 11 is 0. The topological polar surface area (TPSA) is 40.5 Å². The Balaban J connectivity index is 2.22. The lowest BCUT2D eigenvalue weighted by Gasteiger charge is -2.24. The lowest BCUT2D eigenvalue weighted by molar-refractivity contribution is -0.132. The van der Waals surface area contributed by atoms with Crippen LogP contribution in [0.2, 0.25) is 0 Å². The van der Waals surface area contributed by atoms with Gasteiger partial charge in [-0.05, 0) is 25.0 Å². The lowest BCUT2D eigenvalue weighted by Crippen LogP contribution is -2.32. The number of carbonyl (C=O) groups is 1. The Morgan fingerprint density at radius 3 is 2.94 bits per heavy atom. The summed E-state index contributed by atoms with van der Waals surface area (Å²) < 4.78 is 0. The molecule has 1 unspecified atom stereocenters. The van der Waals surface area contributed by atoms with Crippen molar-refractivity contribution in [2.24, 2.45) is 0 Å². The van der Waals surface area contributed by atoms with Gasteiger partial charge in [0.2, 0.25) is 0 Å². The van der Waals surface area contributed by atoms with Crippen LogP contribution in [-0.2, 0) is 11.2 Å². The van der Waals surface area contributed by atoms with Crippen molar-refractivity contribution in [3.05, 3.63) is 42.0 Å². The Labute approximate surface area is 95.0 Å². The number of rotatable bonds is 3. The number of benzene rings is 1. The highest BCUT2D eigenvalue weighted by molar-refractivity contribution is 5.87. The van der Waals surface area contributed by atoms with Gasteiger partial charge in [0.15, 0.2) is 0 Å². The zero-order chi connectivity index (χ0) is 11.7. The van der Waals surface area contributed by atoms with Crippen LogP contribution in [0, 0.1) is 0 Å². The first-order chi connectivity index (χ1) is 7.59. The predicted octanol–water partition coefficient (Wildman–Crippen LogP) is 2.08. The van der Waals surface area contributed by atoms with Gasteiger partial charge in [-0.1, -0.05) is 24.8 Å². The number of fused-ring (bicyclic) bond motifs is 1. The molecule has 2 rings (SSSR count). The number of carboxylic acids is 1. The third-order valence-corrected chi connectivity index (χ3v) is 3.01. The molecule has 1 aliphatic rings. The summed E-state index contributed by atoms with van der Waals surface area (Å²) in [5.74, 6) is -0.920. The SMILES string of the molecule is C=C(CN1c2ccccc2CC1C)C(=O)O. The number of hydrogen-bond acceptors (Lipinski definition) is 2. The van der Waals surface area contributed by atoms with Crippen molar-refractivity contribution in [2.75, 3.05) is 11.4 Å². The normalized spacial score (nSPS) is 18.3. The van der Waals surface area contributed by atoms with Gasteiger partial charge in [0.1, 0.15) is 0 Å². The summed E-state index contributed by atoms with van der Waals surface area (Å²) in [5, 5.41) is 8.85. The predicted molar refractivity (Wildman–Crippen MR) is 63.7 cm³/mol. The molecular weight excluding hydrogens is 202 g/mol. The second-order valence-electron chi connectivity index (χ2n) is 4.22. The van der Waals surface area contributed by atoms with Crippen LogP contribution < -0.4 is 4.90 Å². The smallest absolute Gasteiger partial charge is 0.332 e. The molecule has 0 aromatic heterocycles. The molecular formula is C13H15NO2. The molecule has 0 amide bonds. The number of aliphatic carboxylic acids is 1. The van der Waals surface area contributed by atoms with E-state index >= 15 is 0 Å². The third kappa shape index (κ3) is 1.81. The molecule has 0 fully saturated rings. The molecule has 1 aromatic carbocycles. The van der Waals surface area contributed by atoms with Crippen LogP contribution in [0.15, 0.2) is 36.4 Å². The van der Waals surface area contributed by atoms with Crippen LogP contribution in [0.25, 0.3) is 0 Å². The number of anilines is 1. The van der Waals surface area contributed by atoms with Crippen LogP contribution in [0.3, 0.4) is 0 Å². The zero-order valence-corrected chi connectivity index (χ0v) is 9.31. The molecule has 0 radical (unpaired) electrons. The fraction of sp³-hybridized carbons (Fsp3) is 0.308. The Morgan fingerprint density at radius 1 is 1.56 bits per heavy atom. The van der Waals surface area contributed by atoms with E-state index in [9.17, 15) is 4.79 Å². The van der Waals surface area contributed by atoms with E-state index in [1.165, 1.54) is 5.56 Å². The largest absolute Gasteiger partial charge is 0.478 e. The van der Waals surface area contributed by atoms with Crippen molar-refractivity contribution in [3.63, 3.8) is 0 Å². The van der Waals surface area contributed by atoms with Crippen molar-refractivity contribution in [1.29, 1.82) is 0 Å². The van der Waals surface area contributed by atoms with Crippen LogP contribution >= 0.6 is 0 Å². The summed E-state index contributed by atoms with van der Waals surface area (Å²) in [6.45, 7) is 6.09. The molecule has 1 heterocycles. The molecule has 1 atom stereocenters. The average molecular weight is 217 g/mol. The van der Waals surface area contributed by atoms with Crippen molar-refractivity contribution in [2.45, 2.75) is 19.4 Å². The van der Waals surface area contributed by atoms with Gasteiger partial charge in [0.25, 0.3) is 0 Å². The summed E-state index contributed by atoms with van der Waals surface area (Å²) in [7, 11) is 0. The second kappa shape index (κ2) is 4.00. The first-order valence-electron chi connectivity index (χ1n) is 5.35. The van der Waals surface area contributed by atoms with E-state index < -0.39 is 5.97 Å². The Bertz CT molecular complexity index is 439. The fourth-order valence-electron chi connectivity index (χ4n) is 2.14. The highest BCUT2D eigenvalue weighted by Gasteiger charge is 2.26. The first-order valence-corrected chi connectivity index (χ1v) is 5.35. The first kappa shape index (κ1) is 10.7. The molecule has 1 N–H and O–H groups in total. The van der Waals surface area contributed by atoms with Gasteiger partial charge in [-0.2, -0.15) is 0 Å². The fourth-order valence-corrected chi connectivity index (χ4v) is 2.14. The number of para-hydroxylation sites is 1. The van der Waals surface area contributed by atoms with E-state index in [-0.39, 0.29) is 5.57 Å². The second-order valence-corrected chi connectivity index (χ2v) is 4.22. The van der Waals surface area contributed by atoms with E-state index in [2.05, 4.69) is 24.5 Å². The summed E-state index contributed by atoms with van der Waals surface area (Å²) in [6.07, 6.45) is 0.975. The molecule has 0 saturated carbocycles. The standard InChI is InChI=1S/C13H15NO2/c1-9(13(15)16)8-14-10(2)7-11-5-3-4-6-12(11)14/h3-6,10H,1,7-8H2,2H3,(H,15,16). The number of nitrogens with zero attached hydrogens (tertiary/aromatic N) is 1. The monoisotopic (exact) mass is 217 g/mol. The maximum absolute atomic E-state index is 10.8. The van der Waals surface area contributed by atoms with E-state index in [0.29, 0.717) is 12.6 Å². The van der Waals surface area contributed by atoms with Crippen LogP contribution in [-0.4, -0.2) is 23.7 Å². The van der Waals surface area contributed by atoms with Gasteiger partial charge in [0, 0.05) is 23.8 Å². The Kier molecular flexibility index (Phi) is 2.69. The van der Waals surface area contributed by atoms with Crippen molar-refractivity contribution >= 4 is 11.7 Å². The molecule has 0 aliphatic carbocycles. The van der Waals surface area contributed by atoms with Gasteiger partial charge in [-0.3, -0.25) is 0 Å². The Morgan fingerprint density at radius 2 is 2.25 bits per heavy atom. The molecule has 16 heavy (non-hydrogen) atoms. The van der Waals surface area contributed by atoms with Gasteiger partial charge in [-0.25, -0.2) is 4.79 Å². The van der Waals surface area contributed by atoms with Crippen molar-refractivity contribution < 1.29 is 9.90 Å². The highest BCUT2D eigenvalue weighted by atomic mass is 16.4. The molecule has 1 aliphatic heterocycles. The van der Waals surface area contributed by atoms with E-state index in [4.69, 9.17) is 5.11 Å². The molecule has 0 bridgehead atoms. The third-order valence-electron chi connectivity index (χ3n) is 3.01. The van der Waals surface area contributed by atoms with Gasteiger partial charge in [0.05, 0.1) is 0 Å². The molecule has 0 spiro atoms. The summed E-state index contributed by atoms with van der Waals surface area (Å²) in [5.41, 5.74) is 2.66. The number of hydrogen-bond donors (Lipinski definition) is 1. The lowest BCUT2D eigenvalue weighted by atomic mass is 10.1. The van der Waals surface area contributed by atoms with E-state index in [1.54, 1.807) is 0 Å². The van der Waals surface area contributed by atoms with Gasteiger partial charge in [-0.15, -0.1) is 0 Å². The van der Waals surface area contributed by atoms with Crippen molar-refractivity contribution in [1.82, 2.24) is 0 Å². The van der Waals surface area contributed by atoms with Crippen LogP contribution in [0.1, 0.15) is 12.5 Å². The summed E-state index contributed by atoms with van der Waals surface area (Å²) in [6, 6.07) is 8.46. The van der Waals surface area contributed by atoms with Gasteiger partial charge >= 0.3 is 5.97 Å². The van der Waals surface area contributed by atoms with Crippen molar-refractivity contribution in [3.8, 4) is 0 Å². The minimum Gasteiger partial charge on any atom is -0.478 e. The van der Waals surface area contributed by atoms with Gasteiger partial charge < -0.3 is 10.0 Å². The average Bonchev–Trinajstić information content (AvgIpc) is 2.55. The quantitative estimate of drug-likeness (QED) is 0.788. The molecule has 3 heteroatoms. The Hall–Kier alpha value is -1.77. The minimum atomic E-state index is -0.920. The van der Waals surface area contributed by atoms with E-state index in [0.717, 1.165) is 12.1 Å². The van der Waals surface area contributed by atoms with E-state index in [1.807, 2.05) is 18.2 Å². The summed E-state index contributed by atoms with van der Waals surface area (Å²) in [4.78, 5) is 12.9. The minimum absolute atomic E-state index is 0.239. The zero-order valence-electron chi connectivity index (χ0n) is 9.31. The molecule has 0 saturated heterocycles. The van der Waals surface area contributed by atoms with Crippen LogP contribution in [0.5, 0.6) is 0 Å². The highest BCUT2D eigenvalue weighted by Crippen LogP contribution is 2.31. The molecule has 1 aromatic rings. The van der Waals surface area contributed by atoms with Crippen LogP contribution in [0.4, 0.5) is 5.69 Å². The molecule has 84 valence electrons. The maximum atomic E-state index is 10.8. The number of carboxylic acid groups (broad SMARTS) is 1. The maximum Gasteiger partial charge on any atom is 0.332 e.